The second-order valence-corrected chi connectivity index (χ2v) is 5.17. The van der Waals surface area contributed by atoms with Crippen molar-refractivity contribution in [3.63, 3.8) is 0 Å². The van der Waals surface area contributed by atoms with Crippen LogP contribution in [0.3, 0.4) is 0 Å². The van der Waals surface area contributed by atoms with Crippen molar-refractivity contribution in [2.24, 2.45) is 0 Å². The summed E-state index contributed by atoms with van der Waals surface area (Å²) in [6.45, 7) is 2.84. The Bertz CT molecular complexity index is 781. The van der Waals surface area contributed by atoms with Gasteiger partial charge in [-0.2, -0.15) is 5.10 Å². The molecule has 1 aromatic heterocycles. The Hall–Kier alpha value is -2.74. The molecule has 3 rings (SSSR count). The first kappa shape index (κ1) is 14.2. The number of nitro groups is 1. The van der Waals surface area contributed by atoms with E-state index in [1.165, 1.54) is 10.7 Å². The van der Waals surface area contributed by atoms with Crippen molar-refractivity contribution in [3.8, 4) is 5.69 Å². The summed E-state index contributed by atoms with van der Waals surface area (Å²) in [5.41, 5.74) is 2.22. The highest BCUT2D eigenvalue weighted by Crippen LogP contribution is 2.28. The third kappa shape index (κ3) is 2.23. The van der Waals surface area contributed by atoms with Crippen molar-refractivity contribution in [3.05, 3.63) is 50.8 Å². The van der Waals surface area contributed by atoms with Gasteiger partial charge in [0.25, 0.3) is 5.69 Å². The zero-order valence-corrected chi connectivity index (χ0v) is 11.9. The van der Waals surface area contributed by atoms with E-state index in [9.17, 15) is 20.0 Å². The standard InChI is InChI=1S/C14H14N4O4/c1-8-2-3-11(12(6-8)18(21)22)17-10-4-5-15-7-9(10)13(16-17)14(19)20/h2-3,6,15H,4-5,7H2,1H3,(H,19,20). The number of rotatable bonds is 3. The lowest BCUT2D eigenvalue weighted by Gasteiger charge is -2.15. The Balaban J connectivity index is 2.25. The fourth-order valence-corrected chi connectivity index (χ4v) is 2.68. The summed E-state index contributed by atoms with van der Waals surface area (Å²) < 4.78 is 1.40. The van der Waals surface area contributed by atoms with Crippen LogP contribution in [-0.2, 0) is 13.0 Å². The predicted octanol–water partition coefficient (Wildman–Crippen LogP) is 1.43. The van der Waals surface area contributed by atoms with Gasteiger partial charge in [0.1, 0.15) is 5.69 Å². The molecule has 0 aliphatic carbocycles. The summed E-state index contributed by atoms with van der Waals surface area (Å²) in [5.74, 6) is -1.13. The average molecular weight is 302 g/mol. The van der Waals surface area contributed by atoms with Crippen molar-refractivity contribution >= 4 is 11.7 Å². The number of carboxylic acids is 1. The fourth-order valence-electron chi connectivity index (χ4n) is 2.68. The molecule has 8 nitrogen and oxygen atoms in total. The monoisotopic (exact) mass is 302 g/mol. The quantitative estimate of drug-likeness (QED) is 0.655. The first-order valence-corrected chi connectivity index (χ1v) is 6.79. The highest BCUT2D eigenvalue weighted by atomic mass is 16.6. The zero-order chi connectivity index (χ0) is 15.9. The Kier molecular flexibility index (Phi) is 3.38. The summed E-state index contributed by atoms with van der Waals surface area (Å²) in [6, 6.07) is 4.82. The predicted molar refractivity (Wildman–Crippen MR) is 77.3 cm³/mol. The molecule has 1 aliphatic heterocycles. The molecule has 0 saturated heterocycles. The molecule has 1 aromatic carbocycles. The molecule has 0 atom stereocenters. The largest absolute Gasteiger partial charge is 0.476 e. The number of aromatic carboxylic acids is 1. The molecule has 0 amide bonds. The van der Waals surface area contributed by atoms with E-state index in [1.807, 2.05) is 0 Å². The van der Waals surface area contributed by atoms with Crippen LogP contribution in [0.4, 0.5) is 5.69 Å². The molecule has 22 heavy (non-hydrogen) atoms. The van der Waals surface area contributed by atoms with Crippen LogP contribution in [0.15, 0.2) is 18.2 Å². The van der Waals surface area contributed by atoms with Crippen LogP contribution in [0.2, 0.25) is 0 Å². The lowest BCUT2D eigenvalue weighted by atomic mass is 10.1. The van der Waals surface area contributed by atoms with E-state index in [4.69, 9.17) is 0 Å². The molecular weight excluding hydrogens is 288 g/mol. The van der Waals surface area contributed by atoms with Crippen molar-refractivity contribution in [2.75, 3.05) is 6.54 Å². The van der Waals surface area contributed by atoms with Crippen molar-refractivity contribution in [2.45, 2.75) is 19.9 Å². The Morgan fingerprint density at radius 1 is 1.50 bits per heavy atom. The topological polar surface area (TPSA) is 110 Å². The number of fused-ring (bicyclic) bond motifs is 1. The number of nitrogens with zero attached hydrogens (tertiary/aromatic N) is 3. The van der Waals surface area contributed by atoms with Crippen LogP contribution < -0.4 is 5.32 Å². The maximum absolute atomic E-state index is 11.4. The number of hydrogen-bond acceptors (Lipinski definition) is 5. The van der Waals surface area contributed by atoms with E-state index in [0.717, 1.165) is 5.56 Å². The number of aromatic nitrogens is 2. The zero-order valence-electron chi connectivity index (χ0n) is 11.9. The van der Waals surface area contributed by atoms with Crippen molar-refractivity contribution in [1.82, 2.24) is 15.1 Å². The summed E-state index contributed by atoms with van der Waals surface area (Å²) in [4.78, 5) is 22.2. The van der Waals surface area contributed by atoms with Gasteiger partial charge >= 0.3 is 5.97 Å². The van der Waals surface area contributed by atoms with Gasteiger partial charge in [-0.05, 0) is 18.6 Å². The van der Waals surface area contributed by atoms with Crippen LogP contribution >= 0.6 is 0 Å². The van der Waals surface area contributed by atoms with E-state index in [1.54, 1.807) is 19.1 Å². The Labute approximate surface area is 125 Å². The summed E-state index contributed by atoms with van der Waals surface area (Å²) in [7, 11) is 0. The van der Waals surface area contributed by atoms with Gasteiger partial charge in [0.2, 0.25) is 0 Å². The SMILES string of the molecule is Cc1ccc(-n2nc(C(=O)O)c3c2CCNC3)c([N+](=O)[O-])c1. The van der Waals surface area contributed by atoms with Gasteiger partial charge in [0.05, 0.1) is 10.6 Å². The molecular formula is C14H14N4O4. The van der Waals surface area contributed by atoms with Crippen LogP contribution in [0.25, 0.3) is 5.69 Å². The van der Waals surface area contributed by atoms with Crippen LogP contribution in [0.5, 0.6) is 0 Å². The van der Waals surface area contributed by atoms with Gasteiger partial charge in [0, 0.05) is 31.1 Å². The number of nitro benzene ring substituents is 1. The first-order valence-electron chi connectivity index (χ1n) is 6.79. The molecule has 1 aliphatic rings. The molecule has 0 radical (unpaired) electrons. The molecule has 8 heteroatoms. The second-order valence-electron chi connectivity index (χ2n) is 5.17. The number of hydrogen-bond donors (Lipinski definition) is 2. The minimum Gasteiger partial charge on any atom is -0.476 e. The number of benzene rings is 1. The highest BCUT2D eigenvalue weighted by molar-refractivity contribution is 5.87. The molecule has 0 fully saturated rings. The Morgan fingerprint density at radius 3 is 2.95 bits per heavy atom. The van der Waals surface area contributed by atoms with Crippen molar-refractivity contribution < 1.29 is 14.8 Å². The molecule has 0 spiro atoms. The summed E-state index contributed by atoms with van der Waals surface area (Å²) in [5, 5.41) is 27.8. The molecule has 2 heterocycles. The fraction of sp³-hybridized carbons (Fsp3) is 0.286. The third-order valence-electron chi connectivity index (χ3n) is 3.69. The first-order chi connectivity index (χ1) is 10.5. The summed E-state index contributed by atoms with van der Waals surface area (Å²) in [6.07, 6.45) is 0.570. The van der Waals surface area contributed by atoms with E-state index in [-0.39, 0.29) is 11.4 Å². The van der Waals surface area contributed by atoms with E-state index < -0.39 is 10.9 Å². The van der Waals surface area contributed by atoms with Crippen LogP contribution in [-0.4, -0.2) is 32.3 Å². The smallest absolute Gasteiger partial charge is 0.356 e. The maximum Gasteiger partial charge on any atom is 0.356 e. The molecule has 114 valence electrons. The number of carbonyl (C=O) groups is 1. The molecule has 2 aromatic rings. The Morgan fingerprint density at radius 2 is 2.27 bits per heavy atom. The normalized spacial score (nSPS) is 13.7. The van der Waals surface area contributed by atoms with Crippen molar-refractivity contribution in [1.29, 1.82) is 0 Å². The van der Waals surface area contributed by atoms with Crippen LogP contribution in [0.1, 0.15) is 27.3 Å². The number of nitrogens with one attached hydrogen (secondary N) is 1. The van der Waals surface area contributed by atoms with E-state index >= 15 is 0 Å². The molecule has 0 bridgehead atoms. The van der Waals surface area contributed by atoms with Gasteiger partial charge < -0.3 is 10.4 Å². The number of carboxylic acid groups (broad SMARTS) is 1. The van der Waals surface area contributed by atoms with Gasteiger partial charge in [-0.3, -0.25) is 10.1 Å². The minimum absolute atomic E-state index is 0.0583. The van der Waals surface area contributed by atoms with Gasteiger partial charge in [-0.25, -0.2) is 9.48 Å². The minimum atomic E-state index is -1.13. The van der Waals surface area contributed by atoms with Gasteiger partial charge in [-0.15, -0.1) is 0 Å². The lowest BCUT2D eigenvalue weighted by molar-refractivity contribution is -0.384. The second kappa shape index (κ2) is 5.23. The lowest BCUT2D eigenvalue weighted by Crippen LogP contribution is -2.25. The average Bonchev–Trinajstić information content (AvgIpc) is 2.87. The van der Waals surface area contributed by atoms with Gasteiger partial charge in [-0.1, -0.05) is 6.07 Å². The van der Waals surface area contributed by atoms with E-state index in [0.29, 0.717) is 36.5 Å². The number of aryl methyl sites for hydroxylation is 1. The third-order valence-corrected chi connectivity index (χ3v) is 3.69. The highest BCUT2D eigenvalue weighted by Gasteiger charge is 2.28. The maximum atomic E-state index is 11.4. The molecule has 0 unspecified atom stereocenters. The molecule has 0 saturated carbocycles. The van der Waals surface area contributed by atoms with E-state index in [2.05, 4.69) is 10.4 Å². The summed E-state index contributed by atoms with van der Waals surface area (Å²) >= 11 is 0. The van der Waals surface area contributed by atoms with Gasteiger partial charge in [0.15, 0.2) is 5.69 Å². The van der Waals surface area contributed by atoms with Crippen LogP contribution in [0, 0.1) is 17.0 Å². The molecule has 2 N–H and O–H groups in total.